The number of aromatic nitrogens is 5. The SMILES string of the molecule is CC[C@@H]1C[C@H](N(Cc2cc(Cl)cc(C(F)(F)F)c2)c2nnn(C)n2)c2nc(C(F)(F)F)ccc2N1. The van der Waals surface area contributed by atoms with Crippen molar-refractivity contribution >= 4 is 23.2 Å². The fraction of sp³-hybridized carbons (Fsp3) is 0.429. The van der Waals surface area contributed by atoms with Crippen LogP contribution < -0.4 is 10.2 Å². The molecule has 2 aromatic heterocycles. The third kappa shape index (κ3) is 5.44. The molecule has 0 unspecified atom stereocenters. The minimum absolute atomic E-state index is 0.0351. The van der Waals surface area contributed by atoms with E-state index in [1.807, 2.05) is 6.92 Å². The molecule has 0 saturated carbocycles. The van der Waals surface area contributed by atoms with Crippen molar-refractivity contribution in [1.82, 2.24) is 25.2 Å². The zero-order valence-electron chi connectivity index (χ0n) is 18.5. The van der Waals surface area contributed by atoms with E-state index in [1.54, 1.807) is 0 Å². The maximum atomic E-state index is 13.4. The van der Waals surface area contributed by atoms with Crippen LogP contribution in [0.1, 0.15) is 48.3 Å². The van der Waals surface area contributed by atoms with Crippen LogP contribution in [-0.2, 0) is 25.9 Å². The highest BCUT2D eigenvalue weighted by molar-refractivity contribution is 6.30. The minimum atomic E-state index is -4.68. The molecule has 1 aliphatic rings. The van der Waals surface area contributed by atoms with E-state index in [9.17, 15) is 26.3 Å². The van der Waals surface area contributed by atoms with Gasteiger partial charge in [-0.25, -0.2) is 4.98 Å². The number of nitrogens with zero attached hydrogens (tertiary/aromatic N) is 6. The van der Waals surface area contributed by atoms with Gasteiger partial charge in [-0.05, 0) is 54.0 Å². The zero-order chi connectivity index (χ0) is 25.5. The number of alkyl halides is 6. The number of fused-ring (bicyclic) bond motifs is 1. The molecule has 3 aromatic rings. The van der Waals surface area contributed by atoms with Crippen LogP contribution in [0.3, 0.4) is 0 Å². The van der Waals surface area contributed by atoms with Crippen molar-refractivity contribution in [3.63, 3.8) is 0 Å². The van der Waals surface area contributed by atoms with E-state index in [-0.39, 0.29) is 34.8 Å². The molecule has 188 valence electrons. The van der Waals surface area contributed by atoms with Gasteiger partial charge in [-0.1, -0.05) is 23.6 Å². The summed E-state index contributed by atoms with van der Waals surface area (Å²) in [7, 11) is 1.50. The first-order valence-corrected chi connectivity index (χ1v) is 10.9. The Kier molecular flexibility index (Phi) is 6.56. The van der Waals surface area contributed by atoms with Crippen molar-refractivity contribution in [1.29, 1.82) is 0 Å². The summed E-state index contributed by atoms with van der Waals surface area (Å²) in [5, 5.41) is 15.0. The average Bonchev–Trinajstić information content (AvgIpc) is 3.20. The van der Waals surface area contributed by atoms with Crippen LogP contribution in [0.15, 0.2) is 30.3 Å². The molecule has 0 radical (unpaired) electrons. The average molecular weight is 520 g/mol. The van der Waals surface area contributed by atoms with Gasteiger partial charge in [0.25, 0.3) is 5.95 Å². The molecular weight excluding hydrogens is 500 g/mol. The first kappa shape index (κ1) is 25.0. The third-order valence-electron chi connectivity index (χ3n) is 5.66. The van der Waals surface area contributed by atoms with E-state index in [0.717, 1.165) is 23.0 Å². The first-order chi connectivity index (χ1) is 16.3. The predicted octanol–water partition coefficient (Wildman–Crippen LogP) is 5.64. The lowest BCUT2D eigenvalue weighted by molar-refractivity contribution is -0.141. The Labute approximate surface area is 201 Å². The van der Waals surface area contributed by atoms with Crippen molar-refractivity contribution in [2.24, 2.45) is 7.05 Å². The van der Waals surface area contributed by atoms with Crippen molar-refractivity contribution < 1.29 is 26.3 Å². The summed E-state index contributed by atoms with van der Waals surface area (Å²) in [4.78, 5) is 6.55. The van der Waals surface area contributed by atoms with Crippen LogP contribution in [0.5, 0.6) is 0 Å². The lowest BCUT2D eigenvalue weighted by Crippen LogP contribution is -2.39. The Morgan fingerprint density at radius 1 is 1.11 bits per heavy atom. The molecule has 1 aromatic carbocycles. The molecule has 2 atom stereocenters. The van der Waals surface area contributed by atoms with Crippen LogP contribution in [0.25, 0.3) is 0 Å². The highest BCUT2D eigenvalue weighted by Crippen LogP contribution is 2.41. The van der Waals surface area contributed by atoms with Gasteiger partial charge in [-0.3, -0.25) is 0 Å². The maximum absolute atomic E-state index is 13.4. The molecule has 4 rings (SSSR count). The number of anilines is 2. The van der Waals surface area contributed by atoms with Crippen LogP contribution in [-0.4, -0.2) is 31.2 Å². The molecule has 3 heterocycles. The lowest BCUT2D eigenvalue weighted by Gasteiger charge is -2.38. The van der Waals surface area contributed by atoms with Gasteiger partial charge >= 0.3 is 12.4 Å². The third-order valence-corrected chi connectivity index (χ3v) is 5.88. The van der Waals surface area contributed by atoms with Gasteiger partial charge in [0.2, 0.25) is 0 Å². The Balaban J connectivity index is 1.83. The van der Waals surface area contributed by atoms with E-state index in [1.165, 1.54) is 24.1 Å². The van der Waals surface area contributed by atoms with Gasteiger partial charge in [-0.2, -0.15) is 31.1 Å². The van der Waals surface area contributed by atoms with Crippen molar-refractivity contribution in [2.75, 3.05) is 10.2 Å². The summed E-state index contributed by atoms with van der Waals surface area (Å²) < 4.78 is 80.5. The van der Waals surface area contributed by atoms with Gasteiger partial charge in [0.05, 0.1) is 30.0 Å². The molecule has 14 heteroatoms. The molecule has 0 aliphatic carbocycles. The van der Waals surface area contributed by atoms with E-state index in [4.69, 9.17) is 11.6 Å². The highest BCUT2D eigenvalue weighted by atomic mass is 35.5. The number of tetrazole rings is 1. The molecule has 7 nitrogen and oxygen atoms in total. The number of pyridine rings is 1. The van der Waals surface area contributed by atoms with Crippen molar-refractivity contribution in [2.45, 2.75) is 50.7 Å². The number of benzene rings is 1. The second-order valence-electron chi connectivity index (χ2n) is 8.18. The molecule has 1 aliphatic heterocycles. The standard InChI is InChI=1S/C21H20ClF6N7/c1-3-14-9-16(18-15(29-14)4-5-17(30-18)21(26,27)28)35(19-31-33-34(2)32-19)10-11-6-12(20(23,24)25)8-13(22)7-11/h4-8,14,16,29H,3,9-10H2,1-2H3/t14-,16+/m1/s1. The van der Waals surface area contributed by atoms with Crippen LogP contribution in [0.4, 0.5) is 38.0 Å². The molecule has 35 heavy (non-hydrogen) atoms. The zero-order valence-corrected chi connectivity index (χ0v) is 19.2. The second kappa shape index (κ2) is 9.17. The monoisotopic (exact) mass is 519 g/mol. The van der Waals surface area contributed by atoms with Crippen molar-refractivity contribution in [3.8, 4) is 0 Å². The molecule has 0 amide bonds. The first-order valence-electron chi connectivity index (χ1n) is 10.6. The summed E-state index contributed by atoms with van der Waals surface area (Å²) in [5.41, 5.74) is -1.35. The Morgan fingerprint density at radius 2 is 1.86 bits per heavy atom. The fourth-order valence-corrected chi connectivity index (χ4v) is 4.28. The van der Waals surface area contributed by atoms with Crippen molar-refractivity contribution in [3.05, 3.63) is 57.9 Å². The summed E-state index contributed by atoms with van der Waals surface area (Å²) in [5.74, 6) is 0.0351. The Bertz CT molecular complexity index is 1210. The summed E-state index contributed by atoms with van der Waals surface area (Å²) in [6.45, 7) is 1.74. The number of hydrogen-bond acceptors (Lipinski definition) is 6. The van der Waals surface area contributed by atoms with E-state index < -0.39 is 29.7 Å². The van der Waals surface area contributed by atoms with Crippen LogP contribution in [0.2, 0.25) is 5.02 Å². The van der Waals surface area contributed by atoms with E-state index >= 15 is 0 Å². The summed E-state index contributed by atoms with van der Waals surface area (Å²) in [6.07, 6.45) is -8.35. The lowest BCUT2D eigenvalue weighted by atomic mass is 9.93. The predicted molar refractivity (Wildman–Crippen MR) is 116 cm³/mol. The number of halogens is 7. The topological polar surface area (TPSA) is 71.8 Å². The molecule has 1 N–H and O–H groups in total. The normalized spacial score (nSPS) is 18.2. The molecule has 0 spiro atoms. The molecular formula is C21H20ClF6N7. The van der Waals surface area contributed by atoms with E-state index in [2.05, 4.69) is 25.7 Å². The van der Waals surface area contributed by atoms with Crippen LogP contribution >= 0.6 is 11.6 Å². The largest absolute Gasteiger partial charge is 0.433 e. The summed E-state index contributed by atoms with van der Waals surface area (Å²) >= 11 is 5.96. The van der Waals surface area contributed by atoms with Gasteiger partial charge in [0.15, 0.2) is 0 Å². The maximum Gasteiger partial charge on any atom is 0.433 e. The van der Waals surface area contributed by atoms with Gasteiger partial charge in [0, 0.05) is 17.6 Å². The fourth-order valence-electron chi connectivity index (χ4n) is 4.02. The minimum Gasteiger partial charge on any atom is -0.381 e. The molecule has 0 fully saturated rings. The number of rotatable bonds is 5. The van der Waals surface area contributed by atoms with Gasteiger partial charge in [-0.15, -0.1) is 5.10 Å². The second-order valence-corrected chi connectivity index (χ2v) is 8.62. The van der Waals surface area contributed by atoms with Gasteiger partial charge in [0.1, 0.15) is 5.69 Å². The quantitative estimate of drug-likeness (QED) is 0.440. The molecule has 0 saturated heterocycles. The Hall–Kier alpha value is -3.09. The molecule has 0 bridgehead atoms. The smallest absolute Gasteiger partial charge is 0.381 e. The number of nitrogens with one attached hydrogen (secondary N) is 1. The summed E-state index contributed by atoms with van der Waals surface area (Å²) in [6, 6.07) is 4.39. The van der Waals surface area contributed by atoms with E-state index in [0.29, 0.717) is 18.5 Å². The highest BCUT2D eigenvalue weighted by Gasteiger charge is 2.38. The Morgan fingerprint density at radius 3 is 2.46 bits per heavy atom. The van der Waals surface area contributed by atoms with Crippen LogP contribution in [0, 0.1) is 0 Å². The number of aryl methyl sites for hydroxylation is 1. The van der Waals surface area contributed by atoms with Gasteiger partial charge < -0.3 is 10.2 Å². The number of hydrogen-bond donors (Lipinski definition) is 1.